The highest BCUT2D eigenvalue weighted by atomic mass is 32.2. The third-order valence-corrected chi connectivity index (χ3v) is 5.06. The Balaban J connectivity index is 1.53. The molecule has 1 aromatic heterocycles. The topological polar surface area (TPSA) is 81.4 Å². The van der Waals surface area contributed by atoms with Crippen LogP contribution in [0.25, 0.3) is 11.3 Å². The number of nitrogens with zero attached hydrogens (tertiary/aromatic N) is 1. The molecule has 3 aromatic rings. The van der Waals surface area contributed by atoms with Crippen LogP contribution in [0.1, 0.15) is 22.8 Å². The van der Waals surface area contributed by atoms with Gasteiger partial charge in [0.25, 0.3) is 5.22 Å². The minimum Gasteiger partial charge on any atom is -0.465 e. The molecule has 29 heavy (non-hydrogen) atoms. The van der Waals surface area contributed by atoms with Crippen LogP contribution in [0, 0.1) is 5.82 Å². The van der Waals surface area contributed by atoms with Gasteiger partial charge in [0.15, 0.2) is 5.76 Å². The summed E-state index contributed by atoms with van der Waals surface area (Å²) in [6.07, 6.45) is 1.54. The van der Waals surface area contributed by atoms with Crippen LogP contribution in [0.2, 0.25) is 0 Å². The molecule has 0 aliphatic carbocycles. The van der Waals surface area contributed by atoms with Crippen LogP contribution in [0.5, 0.6) is 0 Å². The molecule has 0 fully saturated rings. The number of halogens is 1. The molecule has 150 valence electrons. The van der Waals surface area contributed by atoms with Crippen LogP contribution in [0.3, 0.4) is 0 Å². The molecule has 2 aromatic carbocycles. The number of aromatic nitrogens is 1. The monoisotopic (exact) mass is 414 g/mol. The molecule has 0 aliphatic rings. The standard InChI is InChI=1S/C21H19FN2O4S/c1-13(19(25)23-11-14-3-5-16(6-4-14)20(26)27-2)29-21-24-12-18(28-21)15-7-9-17(22)10-8-15/h3-10,12-13H,11H2,1-2H3,(H,23,25). The largest absolute Gasteiger partial charge is 0.465 e. The van der Waals surface area contributed by atoms with Gasteiger partial charge < -0.3 is 14.5 Å². The molecule has 1 atom stereocenters. The number of carbonyl (C=O) groups is 2. The van der Waals surface area contributed by atoms with Crippen molar-refractivity contribution in [1.82, 2.24) is 10.3 Å². The maximum absolute atomic E-state index is 13.0. The fourth-order valence-corrected chi connectivity index (χ4v) is 3.22. The second kappa shape index (κ2) is 9.38. The van der Waals surface area contributed by atoms with Crippen LogP contribution in [0.15, 0.2) is 64.4 Å². The van der Waals surface area contributed by atoms with Crippen molar-refractivity contribution in [2.24, 2.45) is 0 Å². The van der Waals surface area contributed by atoms with Gasteiger partial charge in [-0.15, -0.1) is 0 Å². The van der Waals surface area contributed by atoms with Gasteiger partial charge in [-0.2, -0.15) is 0 Å². The molecule has 0 aliphatic heterocycles. The molecule has 1 heterocycles. The lowest BCUT2D eigenvalue weighted by atomic mass is 10.1. The van der Waals surface area contributed by atoms with Crippen molar-refractivity contribution < 1.29 is 23.1 Å². The number of esters is 1. The van der Waals surface area contributed by atoms with Crippen LogP contribution in [-0.4, -0.2) is 29.2 Å². The predicted octanol–water partition coefficient (Wildman–Crippen LogP) is 4.06. The average Bonchev–Trinajstić information content (AvgIpc) is 3.20. The smallest absolute Gasteiger partial charge is 0.337 e. The van der Waals surface area contributed by atoms with Crippen molar-refractivity contribution in [1.29, 1.82) is 0 Å². The highest BCUT2D eigenvalue weighted by molar-refractivity contribution is 8.00. The molecule has 0 saturated carbocycles. The van der Waals surface area contributed by atoms with Crippen molar-refractivity contribution in [3.05, 3.63) is 71.7 Å². The lowest BCUT2D eigenvalue weighted by molar-refractivity contribution is -0.120. The predicted molar refractivity (Wildman–Crippen MR) is 107 cm³/mol. The van der Waals surface area contributed by atoms with Crippen molar-refractivity contribution >= 4 is 23.6 Å². The van der Waals surface area contributed by atoms with Gasteiger partial charge in [-0.3, -0.25) is 4.79 Å². The molecule has 0 spiro atoms. The molecule has 1 unspecified atom stereocenters. The maximum atomic E-state index is 13.0. The Morgan fingerprint density at radius 3 is 2.52 bits per heavy atom. The maximum Gasteiger partial charge on any atom is 0.337 e. The molecule has 1 amide bonds. The summed E-state index contributed by atoms with van der Waals surface area (Å²) < 4.78 is 23.3. The summed E-state index contributed by atoms with van der Waals surface area (Å²) in [6.45, 7) is 2.08. The summed E-state index contributed by atoms with van der Waals surface area (Å²) >= 11 is 1.19. The summed E-state index contributed by atoms with van der Waals surface area (Å²) in [4.78, 5) is 27.9. The number of rotatable bonds is 7. The Morgan fingerprint density at radius 1 is 1.17 bits per heavy atom. The molecule has 0 bridgehead atoms. The Hall–Kier alpha value is -3.13. The number of thioether (sulfide) groups is 1. The van der Waals surface area contributed by atoms with Crippen LogP contribution in [0.4, 0.5) is 4.39 Å². The van der Waals surface area contributed by atoms with Gasteiger partial charge in [-0.25, -0.2) is 14.2 Å². The fraction of sp³-hybridized carbons (Fsp3) is 0.190. The zero-order valence-corrected chi connectivity index (χ0v) is 16.7. The minimum atomic E-state index is -0.427. The van der Waals surface area contributed by atoms with E-state index in [1.54, 1.807) is 49.5 Å². The Kier molecular flexibility index (Phi) is 6.66. The Labute approximate surface area is 171 Å². The van der Waals surface area contributed by atoms with Gasteiger partial charge in [0, 0.05) is 12.1 Å². The molecule has 3 rings (SSSR count). The molecular formula is C21H19FN2O4S. The number of amides is 1. The van der Waals surface area contributed by atoms with E-state index in [-0.39, 0.29) is 11.7 Å². The fourth-order valence-electron chi connectivity index (χ4n) is 2.47. The van der Waals surface area contributed by atoms with Crippen molar-refractivity contribution in [2.45, 2.75) is 23.9 Å². The van der Waals surface area contributed by atoms with E-state index >= 15 is 0 Å². The van der Waals surface area contributed by atoms with E-state index in [1.807, 2.05) is 0 Å². The highest BCUT2D eigenvalue weighted by Crippen LogP contribution is 2.28. The minimum absolute atomic E-state index is 0.173. The number of oxazole rings is 1. The zero-order valence-electron chi connectivity index (χ0n) is 15.8. The Morgan fingerprint density at radius 2 is 1.86 bits per heavy atom. The summed E-state index contributed by atoms with van der Waals surface area (Å²) in [6, 6.07) is 12.7. The van der Waals surface area contributed by atoms with E-state index in [9.17, 15) is 14.0 Å². The third-order valence-electron chi connectivity index (χ3n) is 4.10. The second-order valence-electron chi connectivity index (χ2n) is 6.16. The SMILES string of the molecule is COC(=O)c1ccc(CNC(=O)C(C)Sc2ncc(-c3ccc(F)cc3)o2)cc1. The molecule has 8 heteroatoms. The summed E-state index contributed by atoms with van der Waals surface area (Å²) in [5.74, 6) is -0.399. The van der Waals surface area contributed by atoms with Crippen LogP contribution >= 0.6 is 11.8 Å². The first-order valence-electron chi connectivity index (χ1n) is 8.79. The molecule has 0 saturated heterocycles. The number of hydrogen-bond donors (Lipinski definition) is 1. The van der Waals surface area contributed by atoms with Gasteiger partial charge in [0.1, 0.15) is 5.82 Å². The summed E-state index contributed by atoms with van der Waals surface area (Å²) in [5.41, 5.74) is 2.02. The highest BCUT2D eigenvalue weighted by Gasteiger charge is 2.18. The van der Waals surface area contributed by atoms with Crippen LogP contribution in [-0.2, 0) is 16.1 Å². The summed E-state index contributed by atoms with van der Waals surface area (Å²) in [7, 11) is 1.33. The van der Waals surface area contributed by atoms with E-state index in [0.717, 1.165) is 5.56 Å². The normalized spacial score (nSPS) is 11.7. The number of hydrogen-bond acceptors (Lipinski definition) is 6. The molecule has 1 N–H and O–H groups in total. The lowest BCUT2D eigenvalue weighted by Crippen LogP contribution is -2.30. The van der Waals surface area contributed by atoms with Gasteiger partial charge >= 0.3 is 5.97 Å². The van der Waals surface area contributed by atoms with E-state index in [2.05, 4.69) is 15.0 Å². The third kappa shape index (κ3) is 5.45. The number of methoxy groups -OCH3 is 1. The number of nitrogens with one attached hydrogen (secondary N) is 1. The van der Waals surface area contributed by atoms with Gasteiger partial charge in [0.2, 0.25) is 5.91 Å². The lowest BCUT2D eigenvalue weighted by Gasteiger charge is -2.10. The van der Waals surface area contributed by atoms with Crippen molar-refractivity contribution in [2.75, 3.05) is 7.11 Å². The molecule has 6 nitrogen and oxygen atoms in total. The number of ether oxygens (including phenoxy) is 1. The molecule has 0 radical (unpaired) electrons. The number of carbonyl (C=O) groups excluding carboxylic acids is 2. The van der Waals surface area contributed by atoms with E-state index in [4.69, 9.17) is 4.42 Å². The van der Waals surface area contributed by atoms with Crippen molar-refractivity contribution in [3.8, 4) is 11.3 Å². The van der Waals surface area contributed by atoms with Crippen molar-refractivity contribution in [3.63, 3.8) is 0 Å². The van der Waals surface area contributed by atoms with Crippen LogP contribution < -0.4 is 5.32 Å². The van der Waals surface area contributed by atoms with Gasteiger partial charge in [-0.1, -0.05) is 23.9 Å². The number of benzene rings is 2. The average molecular weight is 414 g/mol. The first-order valence-corrected chi connectivity index (χ1v) is 9.67. The first kappa shape index (κ1) is 20.6. The first-order chi connectivity index (χ1) is 14.0. The van der Waals surface area contributed by atoms with E-state index in [1.165, 1.54) is 31.0 Å². The zero-order chi connectivity index (χ0) is 20.8. The van der Waals surface area contributed by atoms with E-state index < -0.39 is 11.2 Å². The van der Waals surface area contributed by atoms with E-state index in [0.29, 0.717) is 28.7 Å². The van der Waals surface area contributed by atoms with Gasteiger partial charge in [-0.05, 0) is 48.9 Å². The quantitative estimate of drug-likeness (QED) is 0.464. The summed E-state index contributed by atoms with van der Waals surface area (Å²) in [5, 5.41) is 2.77. The van der Waals surface area contributed by atoms with Gasteiger partial charge in [0.05, 0.1) is 24.1 Å². The Bertz CT molecular complexity index is 987. The second-order valence-corrected chi connectivity index (χ2v) is 7.46. The molecular weight excluding hydrogens is 395 g/mol.